The molecular weight excluding hydrogens is 602 g/mol. The number of hydrogen-bond acceptors (Lipinski definition) is 15. The number of amides is 1. The monoisotopic (exact) mass is 661 g/mol. The van der Waals surface area contributed by atoms with E-state index in [2.05, 4.69) is 34.7 Å². The Morgan fingerprint density at radius 1 is 1.17 bits per heavy atom. The molecule has 1 saturated heterocycles. The first kappa shape index (κ1) is 38.9. The molecule has 46 heavy (non-hydrogen) atoms. The first-order valence-corrected chi connectivity index (χ1v) is 16.1. The highest BCUT2D eigenvalue weighted by Gasteiger charge is 2.52. The zero-order valence-electron chi connectivity index (χ0n) is 28.1. The Bertz CT molecular complexity index is 1000. The maximum absolute atomic E-state index is 12.8. The van der Waals surface area contributed by atoms with Gasteiger partial charge in [0, 0.05) is 19.1 Å². The van der Waals surface area contributed by atoms with Gasteiger partial charge in [0.2, 0.25) is 12.2 Å². The molecule has 16 heteroatoms. The fourth-order valence-corrected chi connectivity index (χ4v) is 6.58. The van der Waals surface area contributed by atoms with Gasteiger partial charge in [-0.05, 0) is 65.4 Å². The molecule has 1 aliphatic carbocycles. The molecule has 0 aromatic rings. The van der Waals surface area contributed by atoms with E-state index in [4.69, 9.17) is 36.1 Å². The van der Waals surface area contributed by atoms with E-state index < -0.39 is 72.7 Å². The van der Waals surface area contributed by atoms with Crippen LogP contribution in [0.15, 0.2) is 11.8 Å². The van der Waals surface area contributed by atoms with Crippen molar-refractivity contribution in [2.75, 3.05) is 53.9 Å². The van der Waals surface area contributed by atoms with Crippen LogP contribution in [0.4, 0.5) is 0 Å². The highest BCUT2D eigenvalue weighted by molar-refractivity contribution is 5.80. The Morgan fingerprint density at radius 2 is 1.85 bits per heavy atom. The Morgan fingerprint density at radius 3 is 2.46 bits per heavy atom. The van der Waals surface area contributed by atoms with Crippen molar-refractivity contribution < 1.29 is 44.2 Å². The SMILES string of the molecule is CN[C@@H]1[C@@H](O)[C@@H](O[C@@H]2[C@@H](O)[C@H](O[C@H]3OC(CN)=CC[C@H]3NCC(C)(C)CN(C)C)[C@@H](N)C[C@H]2NC(=O)[C@@H](O)CCN)OC[C@]1(C)O. The Balaban J connectivity index is 1.84. The van der Waals surface area contributed by atoms with Gasteiger partial charge in [-0.15, -0.1) is 0 Å². The van der Waals surface area contributed by atoms with E-state index in [0.29, 0.717) is 18.7 Å². The number of nitrogens with two attached hydrogens (primary N) is 3. The molecule has 3 rings (SSSR count). The van der Waals surface area contributed by atoms with Crippen LogP contribution in [-0.4, -0.2) is 158 Å². The number of rotatable bonds is 15. The van der Waals surface area contributed by atoms with Crippen molar-refractivity contribution in [3.05, 3.63) is 11.8 Å². The van der Waals surface area contributed by atoms with Crippen molar-refractivity contribution >= 4 is 5.91 Å². The van der Waals surface area contributed by atoms with Crippen molar-refractivity contribution in [3.8, 4) is 0 Å². The fourth-order valence-electron chi connectivity index (χ4n) is 6.58. The van der Waals surface area contributed by atoms with Gasteiger partial charge in [0.1, 0.15) is 41.9 Å². The third-order valence-corrected chi connectivity index (χ3v) is 8.80. The summed E-state index contributed by atoms with van der Waals surface area (Å²) in [6, 6.07) is -2.80. The van der Waals surface area contributed by atoms with Gasteiger partial charge < -0.3 is 77.4 Å². The summed E-state index contributed by atoms with van der Waals surface area (Å²) in [7, 11) is 5.63. The molecule has 0 spiro atoms. The number of ether oxygens (including phenoxy) is 4. The topological polar surface area (TPSA) is 252 Å². The molecule has 3 aliphatic rings. The summed E-state index contributed by atoms with van der Waals surface area (Å²) in [6.45, 7) is 7.42. The highest BCUT2D eigenvalue weighted by Crippen LogP contribution is 2.32. The summed E-state index contributed by atoms with van der Waals surface area (Å²) in [4.78, 5) is 15.0. The largest absolute Gasteiger partial charge is 0.467 e. The number of aliphatic hydroxyl groups excluding tert-OH is 3. The number of aliphatic hydroxyl groups is 4. The zero-order chi connectivity index (χ0) is 34.4. The maximum Gasteiger partial charge on any atom is 0.249 e. The lowest BCUT2D eigenvalue weighted by Gasteiger charge is -2.49. The van der Waals surface area contributed by atoms with Gasteiger partial charge in [-0.1, -0.05) is 13.8 Å². The van der Waals surface area contributed by atoms with E-state index in [9.17, 15) is 25.2 Å². The molecular formula is C30H59N7O9. The Labute approximate surface area is 272 Å². The van der Waals surface area contributed by atoms with Crippen LogP contribution >= 0.6 is 0 Å². The van der Waals surface area contributed by atoms with Crippen molar-refractivity contribution in [1.29, 1.82) is 0 Å². The average molecular weight is 662 g/mol. The van der Waals surface area contributed by atoms with E-state index >= 15 is 0 Å². The zero-order valence-corrected chi connectivity index (χ0v) is 28.1. The Kier molecular flexibility index (Phi) is 14.2. The molecule has 2 aliphatic heterocycles. The van der Waals surface area contributed by atoms with Gasteiger partial charge in [-0.2, -0.15) is 0 Å². The summed E-state index contributed by atoms with van der Waals surface area (Å²) in [5.41, 5.74) is 16.5. The summed E-state index contributed by atoms with van der Waals surface area (Å²) >= 11 is 0. The lowest BCUT2D eigenvalue weighted by molar-refractivity contribution is -0.304. The van der Waals surface area contributed by atoms with E-state index in [1.54, 1.807) is 7.05 Å². The van der Waals surface area contributed by atoms with Crippen LogP contribution in [0.5, 0.6) is 0 Å². The lowest BCUT2D eigenvalue weighted by Crippen LogP contribution is -2.69. The van der Waals surface area contributed by atoms with Gasteiger partial charge in [-0.3, -0.25) is 4.79 Å². The number of carbonyl (C=O) groups excluding carboxylic acids is 1. The van der Waals surface area contributed by atoms with Crippen LogP contribution < -0.4 is 33.2 Å². The molecule has 0 radical (unpaired) electrons. The lowest BCUT2D eigenvalue weighted by atomic mass is 9.83. The minimum Gasteiger partial charge on any atom is -0.467 e. The summed E-state index contributed by atoms with van der Waals surface area (Å²) < 4.78 is 24.4. The molecule has 2 heterocycles. The molecule has 12 atom stereocenters. The predicted octanol–water partition coefficient (Wildman–Crippen LogP) is -3.77. The summed E-state index contributed by atoms with van der Waals surface area (Å²) in [5, 5.41) is 53.0. The molecule has 268 valence electrons. The normalized spacial score (nSPS) is 37.8. The van der Waals surface area contributed by atoms with Gasteiger partial charge in [0.15, 0.2) is 6.29 Å². The minimum absolute atomic E-state index is 0.0313. The predicted molar refractivity (Wildman–Crippen MR) is 170 cm³/mol. The highest BCUT2D eigenvalue weighted by atomic mass is 16.7. The molecule has 1 amide bonds. The second-order valence-corrected chi connectivity index (χ2v) is 14.1. The average Bonchev–Trinajstić information content (AvgIpc) is 2.97. The van der Waals surface area contributed by atoms with Crippen LogP contribution in [0.3, 0.4) is 0 Å². The van der Waals surface area contributed by atoms with Gasteiger partial charge in [-0.25, -0.2) is 0 Å². The van der Waals surface area contributed by atoms with Crippen molar-refractivity contribution in [1.82, 2.24) is 20.9 Å². The van der Waals surface area contributed by atoms with Crippen LogP contribution in [-0.2, 0) is 23.7 Å². The first-order valence-electron chi connectivity index (χ1n) is 16.1. The second-order valence-electron chi connectivity index (χ2n) is 14.1. The maximum atomic E-state index is 12.8. The molecule has 13 N–H and O–H groups in total. The van der Waals surface area contributed by atoms with Crippen LogP contribution in [0, 0.1) is 5.41 Å². The van der Waals surface area contributed by atoms with E-state index in [1.807, 2.05) is 20.2 Å². The van der Waals surface area contributed by atoms with Gasteiger partial charge in [0.25, 0.3) is 0 Å². The van der Waals surface area contributed by atoms with Gasteiger partial charge in [0.05, 0.1) is 31.3 Å². The van der Waals surface area contributed by atoms with Crippen LogP contribution in [0.1, 0.15) is 40.0 Å². The fraction of sp³-hybridized carbons (Fsp3) is 0.900. The smallest absolute Gasteiger partial charge is 0.249 e. The van der Waals surface area contributed by atoms with Gasteiger partial charge >= 0.3 is 0 Å². The molecule has 2 fully saturated rings. The molecule has 0 unspecified atom stereocenters. The van der Waals surface area contributed by atoms with E-state index in [0.717, 1.165) is 6.54 Å². The number of carbonyl (C=O) groups is 1. The molecule has 0 aromatic heterocycles. The quantitative estimate of drug-likeness (QED) is 0.0809. The minimum atomic E-state index is -1.44. The van der Waals surface area contributed by atoms with Crippen LogP contribution in [0.25, 0.3) is 0 Å². The number of hydrogen-bond donors (Lipinski definition) is 10. The molecule has 16 nitrogen and oxygen atoms in total. The molecule has 0 aromatic carbocycles. The third kappa shape index (κ3) is 10.0. The van der Waals surface area contributed by atoms with E-state index in [1.165, 1.54) is 6.92 Å². The number of likely N-dealkylation sites (N-methyl/N-ethyl adjacent to an activating group) is 1. The van der Waals surface area contributed by atoms with Crippen molar-refractivity contribution in [2.24, 2.45) is 22.6 Å². The summed E-state index contributed by atoms with van der Waals surface area (Å²) in [6.07, 6.45) is -5.93. The van der Waals surface area contributed by atoms with Crippen LogP contribution in [0.2, 0.25) is 0 Å². The van der Waals surface area contributed by atoms with Crippen molar-refractivity contribution in [2.45, 2.75) is 113 Å². The Hall–Kier alpha value is -1.51. The van der Waals surface area contributed by atoms with Crippen molar-refractivity contribution in [3.63, 3.8) is 0 Å². The third-order valence-electron chi connectivity index (χ3n) is 8.80. The molecule has 0 bridgehead atoms. The molecule has 1 saturated carbocycles. The first-order chi connectivity index (χ1) is 21.5. The number of nitrogens with one attached hydrogen (secondary N) is 3. The number of nitrogens with zero attached hydrogens (tertiary/aromatic N) is 1. The summed E-state index contributed by atoms with van der Waals surface area (Å²) in [5.74, 6) is -0.160. The second kappa shape index (κ2) is 16.7. The van der Waals surface area contributed by atoms with E-state index in [-0.39, 0.29) is 44.0 Å². The standard InChI is InChI=1S/C30H59N7O9/c1-29(2,14-37(5)6)13-35-18-8-7-16(12-32)44-27(18)45-23-17(33)11-19(36-26(41)20(38)9-10-31)24(21(23)39)46-28-22(40)25(34-4)30(3,42)15-43-28/h7,17-25,27-28,34-35,38-40,42H,8-15,31-33H2,1-6H3,(H,36,41)/t17-,18+,19+,20-,21-,22+,23+,24-,25+,27+,28+,30-/m0/s1.